The lowest BCUT2D eigenvalue weighted by Gasteiger charge is -2.34. The molecule has 0 fully saturated rings. The molecule has 0 aliphatic heterocycles. The zero-order valence-corrected chi connectivity index (χ0v) is 27.5. The van der Waals surface area contributed by atoms with E-state index in [1.807, 2.05) is 20.8 Å². The number of rotatable bonds is 14. The summed E-state index contributed by atoms with van der Waals surface area (Å²) in [6.07, 6.45) is 1.95. The van der Waals surface area contributed by atoms with Crippen molar-refractivity contribution in [1.29, 1.82) is 0 Å². The van der Waals surface area contributed by atoms with Gasteiger partial charge in [0.1, 0.15) is 18.3 Å². The Bertz CT molecular complexity index is 1510. The van der Waals surface area contributed by atoms with E-state index >= 15 is 0 Å². The number of benzene rings is 3. The van der Waals surface area contributed by atoms with Crippen LogP contribution in [0.2, 0.25) is 10.0 Å². The van der Waals surface area contributed by atoms with E-state index in [4.69, 9.17) is 27.9 Å². The molecule has 0 radical (unpaired) electrons. The van der Waals surface area contributed by atoms with E-state index in [9.17, 15) is 18.0 Å². The van der Waals surface area contributed by atoms with E-state index in [1.165, 1.54) is 24.1 Å². The Morgan fingerprint density at radius 3 is 2.16 bits per heavy atom. The van der Waals surface area contributed by atoms with Gasteiger partial charge in [-0.05, 0) is 68.7 Å². The number of carbonyl (C=O) groups excluding carboxylic acids is 2. The van der Waals surface area contributed by atoms with E-state index in [0.717, 1.165) is 28.3 Å². The van der Waals surface area contributed by atoms with Gasteiger partial charge in [0, 0.05) is 28.7 Å². The molecule has 0 bridgehead atoms. The summed E-state index contributed by atoms with van der Waals surface area (Å²) in [4.78, 5) is 29.1. The van der Waals surface area contributed by atoms with Gasteiger partial charge >= 0.3 is 0 Å². The van der Waals surface area contributed by atoms with Gasteiger partial charge in [-0.1, -0.05) is 73.3 Å². The summed E-state index contributed by atoms with van der Waals surface area (Å²) in [5, 5.41) is 3.57. The predicted molar refractivity (Wildman–Crippen MR) is 172 cm³/mol. The first-order valence-corrected chi connectivity index (χ1v) is 16.4. The van der Waals surface area contributed by atoms with Crippen LogP contribution in [0.25, 0.3) is 0 Å². The maximum absolute atomic E-state index is 14.3. The van der Waals surface area contributed by atoms with Gasteiger partial charge in [-0.3, -0.25) is 13.9 Å². The molecule has 3 aromatic rings. The second-order valence-electron chi connectivity index (χ2n) is 10.3. The molecule has 8 nitrogen and oxygen atoms in total. The number of sulfonamides is 1. The fourth-order valence-corrected chi connectivity index (χ4v) is 6.56. The summed E-state index contributed by atoms with van der Waals surface area (Å²) in [5.41, 5.74) is 2.32. The molecule has 0 aliphatic carbocycles. The van der Waals surface area contributed by atoms with Gasteiger partial charge in [-0.2, -0.15) is 0 Å². The fraction of sp³-hybridized carbons (Fsp3) is 0.375. The van der Waals surface area contributed by atoms with Gasteiger partial charge in [-0.15, -0.1) is 0 Å². The highest BCUT2D eigenvalue weighted by atomic mass is 35.5. The summed E-state index contributed by atoms with van der Waals surface area (Å²) < 4.78 is 34.9. The van der Waals surface area contributed by atoms with Crippen LogP contribution in [-0.2, 0) is 26.2 Å². The van der Waals surface area contributed by atoms with Gasteiger partial charge in [0.2, 0.25) is 11.8 Å². The number of anilines is 1. The first-order valence-electron chi connectivity index (χ1n) is 14.2. The average Bonchev–Trinajstić information content (AvgIpc) is 2.97. The largest absolute Gasteiger partial charge is 0.495 e. The maximum Gasteiger partial charge on any atom is 0.264 e. The van der Waals surface area contributed by atoms with Crippen molar-refractivity contribution in [3.63, 3.8) is 0 Å². The Balaban J connectivity index is 2.14. The standard InChI is InChI=1S/C32H39Cl2N3O5S/c1-6-8-18-35-32(39)28(7-2)36(20-25-26(33)10-9-11-27(25)34)31(38)21-37(29-19-23(4)14-17-30(29)42-5)43(40,41)24-15-12-22(3)13-16-24/h9-17,19,28H,6-8,18,20-21H2,1-5H3,(H,35,39)/t28-/m1/s1. The Morgan fingerprint density at radius 1 is 0.953 bits per heavy atom. The van der Waals surface area contributed by atoms with Crippen molar-refractivity contribution in [3.8, 4) is 5.75 Å². The highest BCUT2D eigenvalue weighted by Gasteiger charge is 2.35. The Labute approximate surface area is 265 Å². The number of halogens is 2. The van der Waals surface area contributed by atoms with E-state index in [0.29, 0.717) is 22.2 Å². The van der Waals surface area contributed by atoms with Crippen molar-refractivity contribution in [3.05, 3.63) is 87.4 Å². The minimum atomic E-state index is -4.26. The molecule has 3 rings (SSSR count). The fourth-order valence-electron chi connectivity index (χ4n) is 4.63. The van der Waals surface area contributed by atoms with Crippen LogP contribution in [0.5, 0.6) is 5.75 Å². The lowest BCUT2D eigenvalue weighted by atomic mass is 10.1. The quantitative estimate of drug-likeness (QED) is 0.201. The number of aryl methyl sites for hydroxylation is 2. The third-order valence-electron chi connectivity index (χ3n) is 7.10. The number of hydrogen-bond donors (Lipinski definition) is 1. The molecule has 232 valence electrons. The van der Waals surface area contributed by atoms with Gasteiger partial charge in [0.25, 0.3) is 10.0 Å². The number of hydrogen-bond acceptors (Lipinski definition) is 5. The molecule has 43 heavy (non-hydrogen) atoms. The number of nitrogens with zero attached hydrogens (tertiary/aromatic N) is 2. The molecule has 1 atom stereocenters. The number of amides is 2. The summed E-state index contributed by atoms with van der Waals surface area (Å²) in [6, 6.07) is 15.6. The molecule has 11 heteroatoms. The van der Waals surface area contributed by atoms with Gasteiger partial charge < -0.3 is 15.0 Å². The van der Waals surface area contributed by atoms with Crippen molar-refractivity contribution < 1.29 is 22.7 Å². The molecular formula is C32H39Cl2N3O5S. The molecule has 0 aliphatic rings. The van der Waals surface area contributed by atoms with Crippen molar-refractivity contribution in [2.45, 2.75) is 64.4 Å². The van der Waals surface area contributed by atoms with E-state index in [-0.39, 0.29) is 35.2 Å². The van der Waals surface area contributed by atoms with Crippen LogP contribution < -0.4 is 14.4 Å². The molecule has 0 saturated carbocycles. The van der Waals surface area contributed by atoms with Crippen LogP contribution >= 0.6 is 23.2 Å². The van der Waals surface area contributed by atoms with Crippen LogP contribution in [0.1, 0.15) is 49.8 Å². The second kappa shape index (κ2) is 15.5. The first-order chi connectivity index (χ1) is 20.4. The minimum Gasteiger partial charge on any atom is -0.495 e. The van der Waals surface area contributed by atoms with Crippen molar-refractivity contribution in [1.82, 2.24) is 10.2 Å². The van der Waals surface area contributed by atoms with Crippen LogP contribution in [0.3, 0.4) is 0 Å². The number of nitrogens with one attached hydrogen (secondary N) is 1. The molecule has 2 amide bonds. The van der Waals surface area contributed by atoms with Crippen LogP contribution in [-0.4, -0.2) is 51.4 Å². The summed E-state index contributed by atoms with van der Waals surface area (Å²) in [6.45, 7) is 7.24. The van der Waals surface area contributed by atoms with Gasteiger partial charge in [-0.25, -0.2) is 8.42 Å². The smallest absolute Gasteiger partial charge is 0.264 e. The summed E-state index contributed by atoms with van der Waals surface area (Å²) in [5.74, 6) is -0.666. The van der Waals surface area contributed by atoms with Gasteiger partial charge in [0.15, 0.2) is 0 Å². The van der Waals surface area contributed by atoms with Gasteiger partial charge in [0.05, 0.1) is 17.7 Å². The molecular weight excluding hydrogens is 609 g/mol. The lowest BCUT2D eigenvalue weighted by molar-refractivity contribution is -0.140. The molecule has 0 saturated heterocycles. The Kier molecular flexibility index (Phi) is 12.3. The number of methoxy groups -OCH3 is 1. The number of ether oxygens (including phenoxy) is 1. The highest BCUT2D eigenvalue weighted by molar-refractivity contribution is 7.92. The van der Waals surface area contributed by atoms with Crippen molar-refractivity contribution >= 4 is 50.7 Å². The zero-order chi connectivity index (χ0) is 31.7. The monoisotopic (exact) mass is 647 g/mol. The lowest BCUT2D eigenvalue weighted by Crippen LogP contribution is -2.52. The minimum absolute atomic E-state index is 0.0134. The molecule has 3 aromatic carbocycles. The molecule has 0 heterocycles. The number of carbonyl (C=O) groups is 2. The number of unbranched alkanes of at least 4 members (excludes halogenated alkanes) is 1. The van der Waals surface area contributed by atoms with E-state index in [2.05, 4.69) is 5.32 Å². The summed E-state index contributed by atoms with van der Waals surface area (Å²) in [7, 11) is -2.82. The third kappa shape index (κ3) is 8.43. The van der Waals surface area contributed by atoms with Crippen molar-refractivity contribution in [2.75, 3.05) is 24.5 Å². The van der Waals surface area contributed by atoms with E-state index in [1.54, 1.807) is 55.5 Å². The zero-order valence-electron chi connectivity index (χ0n) is 25.2. The van der Waals surface area contributed by atoms with Crippen LogP contribution in [0.4, 0.5) is 5.69 Å². The molecule has 1 N–H and O–H groups in total. The second-order valence-corrected chi connectivity index (χ2v) is 13.0. The maximum atomic E-state index is 14.3. The predicted octanol–water partition coefficient (Wildman–Crippen LogP) is 6.54. The van der Waals surface area contributed by atoms with Crippen LogP contribution in [0, 0.1) is 13.8 Å². The highest BCUT2D eigenvalue weighted by Crippen LogP contribution is 2.34. The Hall–Kier alpha value is -3.27. The molecule has 0 spiro atoms. The average molecular weight is 649 g/mol. The molecule has 0 unspecified atom stereocenters. The third-order valence-corrected chi connectivity index (χ3v) is 9.58. The summed E-state index contributed by atoms with van der Waals surface area (Å²) >= 11 is 13.0. The molecule has 0 aromatic heterocycles. The topological polar surface area (TPSA) is 96.0 Å². The van der Waals surface area contributed by atoms with Crippen LogP contribution in [0.15, 0.2) is 65.6 Å². The normalized spacial score (nSPS) is 12.0. The Morgan fingerprint density at radius 2 is 1.58 bits per heavy atom. The van der Waals surface area contributed by atoms with E-state index < -0.39 is 28.5 Å². The SMILES string of the molecule is CCCCNC(=O)[C@@H](CC)N(Cc1c(Cl)cccc1Cl)C(=O)CN(c1cc(C)ccc1OC)S(=O)(=O)c1ccc(C)cc1. The first kappa shape index (κ1) is 34.2. The van der Waals surface area contributed by atoms with Crippen molar-refractivity contribution in [2.24, 2.45) is 0 Å².